The second kappa shape index (κ2) is 9.64. The van der Waals surface area contributed by atoms with Crippen molar-refractivity contribution >= 4 is 35.4 Å². The molecule has 0 unspecified atom stereocenters. The van der Waals surface area contributed by atoms with Gasteiger partial charge in [0, 0.05) is 23.6 Å². The summed E-state index contributed by atoms with van der Waals surface area (Å²) in [6.45, 7) is 4.40. The molecule has 0 aromatic heterocycles. The third-order valence-corrected chi connectivity index (χ3v) is 5.40. The van der Waals surface area contributed by atoms with E-state index in [-0.39, 0.29) is 28.7 Å². The lowest BCUT2D eigenvalue weighted by Crippen LogP contribution is -2.16. The van der Waals surface area contributed by atoms with Crippen molar-refractivity contribution in [3.63, 3.8) is 0 Å². The van der Waals surface area contributed by atoms with Gasteiger partial charge in [-0.3, -0.25) is 10.1 Å². The summed E-state index contributed by atoms with van der Waals surface area (Å²) in [5.41, 5.74) is -0.0790. The van der Waals surface area contributed by atoms with Gasteiger partial charge < -0.3 is 14.6 Å². The van der Waals surface area contributed by atoms with Gasteiger partial charge in [0.2, 0.25) is 0 Å². The Balaban J connectivity index is 2.28. The molecule has 0 aliphatic rings. The van der Waals surface area contributed by atoms with E-state index < -0.39 is 11.1 Å². The van der Waals surface area contributed by atoms with Gasteiger partial charge in [0.05, 0.1) is 15.6 Å². The third kappa shape index (κ3) is 8.10. The molecule has 0 saturated carbocycles. The van der Waals surface area contributed by atoms with Gasteiger partial charge >= 0.3 is 6.16 Å². The zero-order valence-corrected chi connectivity index (χ0v) is 14.5. The third-order valence-electron chi connectivity index (χ3n) is 2.54. The molecule has 0 radical (unpaired) electrons. The second-order valence-electron chi connectivity index (χ2n) is 4.77. The van der Waals surface area contributed by atoms with Crippen LogP contribution in [0.25, 0.3) is 0 Å². The van der Waals surface area contributed by atoms with Crippen molar-refractivity contribution in [2.75, 3.05) is 24.7 Å². The average Bonchev–Trinajstić information content (AvgIpc) is 2.50. The summed E-state index contributed by atoms with van der Waals surface area (Å²) in [5, 5.41) is 19.3. The number of carbonyl (C=O) groups is 1. The molecule has 0 bridgehead atoms. The molecule has 1 aromatic carbocycles. The number of thioether (sulfide) groups is 2. The number of nitro benzene ring substituents is 1. The number of carbonyl (C=O) groups excluding carboxylic acids is 1. The van der Waals surface area contributed by atoms with E-state index in [9.17, 15) is 14.9 Å². The predicted molar refractivity (Wildman–Crippen MR) is 91.2 cm³/mol. The number of aliphatic hydroxyl groups is 1. The first kappa shape index (κ1) is 19.6. The van der Waals surface area contributed by atoms with E-state index in [2.05, 4.69) is 0 Å². The quantitative estimate of drug-likeness (QED) is 0.179. The van der Waals surface area contributed by atoms with Gasteiger partial charge in [-0.2, -0.15) is 0 Å². The molecule has 0 fully saturated rings. The predicted octanol–water partition coefficient (Wildman–Crippen LogP) is 3.31. The van der Waals surface area contributed by atoms with Crippen molar-refractivity contribution in [2.24, 2.45) is 0 Å². The number of rotatable bonds is 9. The van der Waals surface area contributed by atoms with E-state index in [0.717, 1.165) is 0 Å². The summed E-state index contributed by atoms with van der Waals surface area (Å²) in [6, 6.07) is 5.17. The molecule has 0 atom stereocenters. The molecule has 1 N–H and O–H groups in total. The highest BCUT2D eigenvalue weighted by molar-refractivity contribution is 8.18. The molecule has 1 rings (SSSR count). The first-order valence-electron chi connectivity index (χ1n) is 6.82. The lowest BCUT2D eigenvalue weighted by atomic mass is 10.3. The molecule has 9 heteroatoms. The van der Waals surface area contributed by atoms with Crippen LogP contribution in [0.1, 0.15) is 13.8 Å². The minimum absolute atomic E-state index is 0.0750. The minimum atomic E-state index is -0.847. The fraction of sp³-hybridized carbons (Fsp3) is 0.500. The summed E-state index contributed by atoms with van der Waals surface area (Å²) in [6.07, 6.45) is -0.847. The van der Waals surface area contributed by atoms with Gasteiger partial charge in [-0.15, -0.1) is 23.5 Å². The Morgan fingerprint density at radius 2 is 1.87 bits per heavy atom. The monoisotopic (exact) mass is 361 g/mol. The number of nitrogens with zero attached hydrogens (tertiary/aromatic N) is 1. The molecule has 1 aromatic rings. The summed E-state index contributed by atoms with van der Waals surface area (Å²) < 4.78 is 9.79. The molecule has 7 nitrogen and oxygen atoms in total. The number of benzene rings is 1. The maximum absolute atomic E-state index is 11.5. The SMILES string of the molecule is CC(C)(SCCO)SCCOC(=O)Oc1ccc([N+](=O)[O-])cc1. The van der Waals surface area contributed by atoms with Crippen molar-refractivity contribution in [1.29, 1.82) is 0 Å². The fourth-order valence-electron chi connectivity index (χ4n) is 1.51. The smallest absolute Gasteiger partial charge is 0.433 e. The Kier molecular flexibility index (Phi) is 8.21. The maximum atomic E-state index is 11.5. The van der Waals surface area contributed by atoms with Crippen molar-refractivity contribution in [3.05, 3.63) is 34.4 Å². The fourth-order valence-corrected chi connectivity index (χ4v) is 3.58. The summed E-state index contributed by atoms with van der Waals surface area (Å²) >= 11 is 3.25. The van der Waals surface area contributed by atoms with Gasteiger partial charge in [0.1, 0.15) is 12.4 Å². The van der Waals surface area contributed by atoms with E-state index in [4.69, 9.17) is 14.6 Å². The van der Waals surface area contributed by atoms with Crippen LogP contribution in [0.4, 0.5) is 10.5 Å². The van der Waals surface area contributed by atoms with Crippen LogP contribution in [-0.4, -0.2) is 45.0 Å². The highest BCUT2D eigenvalue weighted by Gasteiger charge is 2.18. The molecule has 0 saturated heterocycles. The Bertz CT molecular complexity index is 521. The molecular weight excluding hydrogens is 342 g/mol. The number of hydrogen-bond donors (Lipinski definition) is 1. The van der Waals surface area contributed by atoms with E-state index in [1.807, 2.05) is 13.8 Å². The van der Waals surface area contributed by atoms with E-state index in [1.54, 1.807) is 23.5 Å². The van der Waals surface area contributed by atoms with Crippen molar-refractivity contribution in [1.82, 2.24) is 0 Å². The van der Waals surface area contributed by atoms with Crippen molar-refractivity contribution in [2.45, 2.75) is 17.9 Å². The van der Waals surface area contributed by atoms with Crippen LogP contribution in [0.3, 0.4) is 0 Å². The number of ether oxygens (including phenoxy) is 2. The van der Waals surface area contributed by atoms with E-state index >= 15 is 0 Å². The Labute approximate surface area is 142 Å². The van der Waals surface area contributed by atoms with Gasteiger partial charge in [0.25, 0.3) is 5.69 Å². The largest absolute Gasteiger partial charge is 0.513 e. The molecular formula is C14H19NO6S2. The summed E-state index contributed by atoms with van der Waals surface area (Å²) in [7, 11) is 0. The van der Waals surface area contributed by atoms with Gasteiger partial charge in [-0.05, 0) is 26.0 Å². The Morgan fingerprint density at radius 3 is 2.43 bits per heavy atom. The van der Waals surface area contributed by atoms with Crippen LogP contribution in [0.5, 0.6) is 5.75 Å². The molecule has 23 heavy (non-hydrogen) atoms. The first-order chi connectivity index (χ1) is 10.8. The lowest BCUT2D eigenvalue weighted by Gasteiger charge is -2.22. The highest BCUT2D eigenvalue weighted by atomic mass is 32.2. The minimum Gasteiger partial charge on any atom is -0.433 e. The molecule has 128 valence electrons. The van der Waals surface area contributed by atoms with Crippen LogP contribution < -0.4 is 4.74 Å². The number of hydrogen-bond acceptors (Lipinski definition) is 8. The zero-order chi connectivity index (χ0) is 17.3. The number of nitro groups is 1. The lowest BCUT2D eigenvalue weighted by molar-refractivity contribution is -0.384. The highest BCUT2D eigenvalue weighted by Crippen LogP contribution is 2.35. The topological polar surface area (TPSA) is 98.9 Å². The first-order valence-corrected chi connectivity index (χ1v) is 8.79. The van der Waals surface area contributed by atoms with Gasteiger partial charge in [-0.25, -0.2) is 4.79 Å². The summed E-state index contributed by atoms with van der Waals surface area (Å²) in [5.74, 6) is 1.44. The second-order valence-corrected chi connectivity index (χ2v) is 8.47. The average molecular weight is 361 g/mol. The number of aliphatic hydroxyl groups excluding tert-OH is 1. The Morgan fingerprint density at radius 1 is 1.26 bits per heavy atom. The van der Waals surface area contributed by atoms with Gasteiger partial charge in [0.15, 0.2) is 0 Å². The summed E-state index contributed by atoms with van der Waals surface area (Å²) in [4.78, 5) is 21.5. The molecule has 0 aliphatic heterocycles. The van der Waals surface area contributed by atoms with Crippen LogP contribution in [0.2, 0.25) is 0 Å². The Hall–Kier alpha value is -1.45. The number of non-ortho nitro benzene ring substituents is 1. The normalized spacial score (nSPS) is 11.1. The van der Waals surface area contributed by atoms with Gasteiger partial charge in [-0.1, -0.05) is 0 Å². The van der Waals surface area contributed by atoms with E-state index in [0.29, 0.717) is 11.5 Å². The van der Waals surface area contributed by atoms with Crippen molar-refractivity contribution < 1.29 is 24.3 Å². The molecule has 0 heterocycles. The molecule has 0 amide bonds. The molecule has 0 aliphatic carbocycles. The van der Waals surface area contributed by atoms with Crippen LogP contribution in [0.15, 0.2) is 24.3 Å². The van der Waals surface area contributed by atoms with Crippen LogP contribution >= 0.6 is 23.5 Å². The van der Waals surface area contributed by atoms with Crippen LogP contribution in [0, 0.1) is 10.1 Å². The maximum Gasteiger partial charge on any atom is 0.513 e. The van der Waals surface area contributed by atoms with E-state index in [1.165, 1.54) is 24.3 Å². The van der Waals surface area contributed by atoms with Crippen molar-refractivity contribution in [3.8, 4) is 5.75 Å². The standard InChI is InChI=1S/C14H19NO6S2/c1-14(2,22-9-7-16)23-10-8-20-13(17)21-12-5-3-11(4-6-12)15(18)19/h3-6,16H,7-10H2,1-2H3. The molecule has 0 spiro atoms. The zero-order valence-electron chi connectivity index (χ0n) is 12.9. The van der Waals surface area contributed by atoms with Crippen LogP contribution in [-0.2, 0) is 4.74 Å².